The van der Waals surface area contributed by atoms with Gasteiger partial charge in [0.2, 0.25) is 17.7 Å². The van der Waals surface area contributed by atoms with Crippen LogP contribution in [0.2, 0.25) is 0 Å². The summed E-state index contributed by atoms with van der Waals surface area (Å²) in [5.41, 5.74) is 21.4. The second-order valence-corrected chi connectivity index (χ2v) is 8.01. The SMILES string of the molecule is NCCCCC(NC(=O)C(CS)NC(=O)C(N)CC(=O)O)C(=O)NC(CCCN=C(N)N)C(=O)O. The van der Waals surface area contributed by atoms with Gasteiger partial charge in [0.25, 0.3) is 0 Å². The van der Waals surface area contributed by atoms with E-state index in [0.29, 0.717) is 19.4 Å². The number of guanidine groups is 1. The molecule has 16 heteroatoms. The average molecular weight is 521 g/mol. The van der Waals surface area contributed by atoms with Crippen LogP contribution in [0, 0.1) is 0 Å². The maximum Gasteiger partial charge on any atom is 0.326 e. The summed E-state index contributed by atoms with van der Waals surface area (Å²) in [6, 6.07) is -4.98. The quantitative estimate of drug-likeness (QED) is 0.0365. The second kappa shape index (κ2) is 17.3. The van der Waals surface area contributed by atoms with Crippen molar-refractivity contribution in [2.45, 2.75) is 62.7 Å². The molecule has 0 bridgehead atoms. The van der Waals surface area contributed by atoms with Crippen LogP contribution in [0.25, 0.3) is 0 Å². The summed E-state index contributed by atoms with van der Waals surface area (Å²) in [6.45, 7) is 0.521. The fraction of sp³-hybridized carbons (Fsp3) is 0.684. The molecule has 0 rings (SSSR count). The topological polar surface area (TPSA) is 278 Å². The van der Waals surface area contributed by atoms with Crippen molar-refractivity contribution in [2.24, 2.45) is 27.9 Å². The zero-order chi connectivity index (χ0) is 27.0. The molecule has 0 aliphatic carbocycles. The third kappa shape index (κ3) is 14.0. The molecule has 0 fully saturated rings. The van der Waals surface area contributed by atoms with E-state index in [1.165, 1.54) is 0 Å². The van der Waals surface area contributed by atoms with E-state index in [4.69, 9.17) is 28.0 Å². The van der Waals surface area contributed by atoms with Gasteiger partial charge in [-0.2, -0.15) is 12.6 Å². The van der Waals surface area contributed by atoms with Gasteiger partial charge in [-0.15, -0.1) is 0 Å². The van der Waals surface area contributed by atoms with Crippen molar-refractivity contribution in [2.75, 3.05) is 18.8 Å². The number of hydrogen-bond donors (Lipinski definition) is 10. The van der Waals surface area contributed by atoms with Crippen molar-refractivity contribution in [1.82, 2.24) is 16.0 Å². The van der Waals surface area contributed by atoms with E-state index in [9.17, 15) is 29.1 Å². The van der Waals surface area contributed by atoms with Crippen molar-refractivity contribution in [3.8, 4) is 0 Å². The van der Waals surface area contributed by atoms with Crippen molar-refractivity contribution < 1.29 is 34.2 Å². The van der Waals surface area contributed by atoms with Crippen LogP contribution < -0.4 is 38.9 Å². The Balaban J connectivity index is 5.28. The summed E-state index contributed by atoms with van der Waals surface area (Å²) in [7, 11) is 0. The summed E-state index contributed by atoms with van der Waals surface area (Å²) < 4.78 is 0. The molecule has 13 N–H and O–H groups in total. The number of nitrogens with zero attached hydrogens (tertiary/aromatic N) is 1. The van der Waals surface area contributed by atoms with E-state index < -0.39 is 60.2 Å². The number of nitrogens with two attached hydrogens (primary N) is 4. The standard InChI is InChI=1S/C19H36N8O7S/c20-6-2-1-4-11(16(31)26-12(18(33)34)5-3-7-24-19(22)23)25-17(32)13(9-35)27-15(30)10(21)8-14(28)29/h10-13,35H,1-9,20-21H2,(H,25,32)(H,26,31)(H,27,30)(H,28,29)(H,33,34)(H4,22,23,24). The molecule has 3 amide bonds. The van der Waals surface area contributed by atoms with Crippen molar-refractivity contribution in [3.05, 3.63) is 0 Å². The minimum atomic E-state index is -1.39. The van der Waals surface area contributed by atoms with E-state index in [-0.39, 0.29) is 37.5 Å². The minimum Gasteiger partial charge on any atom is -0.481 e. The van der Waals surface area contributed by atoms with Gasteiger partial charge in [0.1, 0.15) is 18.1 Å². The zero-order valence-corrected chi connectivity index (χ0v) is 20.2. The van der Waals surface area contributed by atoms with E-state index in [2.05, 4.69) is 33.6 Å². The molecule has 0 spiro atoms. The Hall–Kier alpha value is -3.11. The molecule has 0 heterocycles. The molecule has 0 aliphatic heterocycles. The third-order valence-electron chi connectivity index (χ3n) is 4.69. The number of carboxylic acid groups (broad SMARTS) is 2. The van der Waals surface area contributed by atoms with Gasteiger partial charge in [0, 0.05) is 12.3 Å². The number of nitrogens with one attached hydrogen (secondary N) is 3. The van der Waals surface area contributed by atoms with Crippen LogP contribution in [0.4, 0.5) is 0 Å². The Morgan fingerprint density at radius 3 is 1.89 bits per heavy atom. The first-order valence-corrected chi connectivity index (χ1v) is 11.5. The Labute approximate surface area is 208 Å². The maximum atomic E-state index is 12.8. The van der Waals surface area contributed by atoms with Crippen molar-refractivity contribution in [1.29, 1.82) is 0 Å². The van der Waals surface area contributed by atoms with Crippen LogP contribution in [0.3, 0.4) is 0 Å². The molecule has 200 valence electrons. The first-order chi connectivity index (χ1) is 16.4. The summed E-state index contributed by atoms with van der Waals surface area (Å²) in [6.07, 6.45) is 0.842. The highest BCUT2D eigenvalue weighted by molar-refractivity contribution is 7.80. The normalized spacial score (nSPS) is 14.0. The van der Waals surface area contributed by atoms with Crippen LogP contribution >= 0.6 is 12.6 Å². The van der Waals surface area contributed by atoms with Gasteiger partial charge in [-0.3, -0.25) is 24.2 Å². The summed E-state index contributed by atoms with van der Waals surface area (Å²) >= 11 is 4.02. The molecular weight excluding hydrogens is 484 g/mol. The smallest absolute Gasteiger partial charge is 0.326 e. The third-order valence-corrected chi connectivity index (χ3v) is 5.05. The molecule has 4 unspecified atom stereocenters. The molecule has 15 nitrogen and oxygen atoms in total. The van der Waals surface area contributed by atoms with Gasteiger partial charge in [0.15, 0.2) is 5.96 Å². The molecule has 0 radical (unpaired) electrons. The largest absolute Gasteiger partial charge is 0.481 e. The molecular formula is C19H36N8O7S. The molecule has 0 aromatic carbocycles. The summed E-state index contributed by atoms with van der Waals surface area (Å²) in [4.78, 5) is 63.6. The average Bonchev–Trinajstić information content (AvgIpc) is 2.77. The lowest BCUT2D eigenvalue weighted by Gasteiger charge is -2.24. The highest BCUT2D eigenvalue weighted by atomic mass is 32.1. The number of carbonyl (C=O) groups excluding carboxylic acids is 3. The number of amides is 3. The Morgan fingerprint density at radius 2 is 1.37 bits per heavy atom. The summed E-state index contributed by atoms with van der Waals surface area (Å²) in [5, 5.41) is 25.3. The molecule has 0 aromatic rings. The van der Waals surface area contributed by atoms with E-state index >= 15 is 0 Å². The molecule has 0 saturated heterocycles. The van der Waals surface area contributed by atoms with E-state index in [0.717, 1.165) is 0 Å². The fourth-order valence-corrected chi connectivity index (χ4v) is 3.08. The number of aliphatic imine (C=N–C) groups is 1. The minimum absolute atomic E-state index is 0.0398. The van der Waals surface area contributed by atoms with Gasteiger partial charge < -0.3 is 49.1 Å². The number of rotatable bonds is 18. The zero-order valence-electron chi connectivity index (χ0n) is 19.3. The molecule has 0 saturated carbocycles. The van der Waals surface area contributed by atoms with E-state index in [1.807, 2.05) is 0 Å². The molecule has 35 heavy (non-hydrogen) atoms. The monoisotopic (exact) mass is 520 g/mol. The lowest BCUT2D eigenvalue weighted by molar-refractivity contribution is -0.142. The van der Waals surface area contributed by atoms with Crippen LogP contribution in [-0.2, 0) is 24.0 Å². The summed E-state index contributed by atoms with van der Waals surface area (Å²) in [5.74, 6) is -5.27. The predicted octanol–water partition coefficient (Wildman–Crippen LogP) is -3.56. The maximum absolute atomic E-state index is 12.8. The first kappa shape index (κ1) is 31.9. The number of thiol groups is 1. The Kier molecular flexibility index (Phi) is 15.8. The number of carboxylic acids is 2. The van der Waals surface area contributed by atoms with Gasteiger partial charge >= 0.3 is 11.9 Å². The van der Waals surface area contributed by atoms with Crippen LogP contribution in [-0.4, -0.2) is 88.8 Å². The fourth-order valence-electron chi connectivity index (χ4n) is 2.82. The number of hydrogen-bond acceptors (Lipinski definition) is 9. The second-order valence-electron chi connectivity index (χ2n) is 7.64. The molecule has 4 atom stereocenters. The lowest BCUT2D eigenvalue weighted by Crippen LogP contribution is -2.57. The lowest BCUT2D eigenvalue weighted by atomic mass is 10.1. The predicted molar refractivity (Wildman–Crippen MR) is 130 cm³/mol. The Morgan fingerprint density at radius 1 is 0.829 bits per heavy atom. The van der Waals surface area contributed by atoms with Gasteiger partial charge in [0.05, 0.1) is 12.5 Å². The van der Waals surface area contributed by atoms with Gasteiger partial charge in [-0.05, 0) is 38.6 Å². The Bertz CT molecular complexity index is 763. The van der Waals surface area contributed by atoms with Gasteiger partial charge in [-0.1, -0.05) is 0 Å². The van der Waals surface area contributed by atoms with E-state index in [1.54, 1.807) is 0 Å². The van der Waals surface area contributed by atoms with Crippen molar-refractivity contribution >= 4 is 48.2 Å². The highest BCUT2D eigenvalue weighted by Crippen LogP contribution is 2.05. The highest BCUT2D eigenvalue weighted by Gasteiger charge is 2.29. The molecule has 0 aromatic heterocycles. The van der Waals surface area contributed by atoms with Crippen LogP contribution in [0.15, 0.2) is 4.99 Å². The number of unbranched alkanes of at least 4 members (excludes halogenated alkanes) is 1. The van der Waals surface area contributed by atoms with Gasteiger partial charge in [-0.25, -0.2) is 4.79 Å². The molecule has 0 aliphatic rings. The van der Waals surface area contributed by atoms with Crippen LogP contribution in [0.1, 0.15) is 38.5 Å². The number of aliphatic carboxylic acids is 2. The first-order valence-electron chi connectivity index (χ1n) is 10.9. The number of carbonyl (C=O) groups is 5. The van der Waals surface area contributed by atoms with Crippen molar-refractivity contribution in [3.63, 3.8) is 0 Å². The van der Waals surface area contributed by atoms with Crippen LogP contribution in [0.5, 0.6) is 0 Å².